The summed E-state index contributed by atoms with van der Waals surface area (Å²) in [6.07, 6.45) is 0. The van der Waals surface area contributed by atoms with Crippen LogP contribution >= 0.6 is 27.5 Å². The van der Waals surface area contributed by atoms with Crippen molar-refractivity contribution in [1.82, 2.24) is 0 Å². The molecule has 1 unspecified atom stereocenters. The second-order valence-electron chi connectivity index (χ2n) is 4.49. The first-order valence-corrected chi connectivity index (χ1v) is 7.12. The molecule has 2 rings (SSSR count). The molecule has 0 radical (unpaired) electrons. The van der Waals surface area contributed by atoms with Crippen molar-refractivity contribution in [3.63, 3.8) is 0 Å². The van der Waals surface area contributed by atoms with Crippen molar-refractivity contribution in [3.8, 4) is 0 Å². The first kappa shape index (κ1) is 14.4. The lowest BCUT2D eigenvalue weighted by molar-refractivity contribution is 0.626. The van der Waals surface area contributed by atoms with E-state index in [1.54, 1.807) is 6.07 Å². The highest BCUT2D eigenvalue weighted by Gasteiger charge is 2.11. The molecule has 0 heterocycles. The van der Waals surface area contributed by atoms with Gasteiger partial charge >= 0.3 is 0 Å². The van der Waals surface area contributed by atoms with Crippen molar-refractivity contribution in [2.45, 2.75) is 19.9 Å². The van der Waals surface area contributed by atoms with Gasteiger partial charge in [-0.15, -0.1) is 0 Å². The van der Waals surface area contributed by atoms with Gasteiger partial charge in [0.1, 0.15) is 5.82 Å². The molecule has 0 saturated carbocycles. The van der Waals surface area contributed by atoms with Crippen molar-refractivity contribution >= 4 is 33.2 Å². The molecule has 19 heavy (non-hydrogen) atoms. The van der Waals surface area contributed by atoms with E-state index < -0.39 is 0 Å². The molecule has 4 heteroatoms. The van der Waals surface area contributed by atoms with Gasteiger partial charge in [-0.05, 0) is 49.2 Å². The monoisotopic (exact) mass is 341 g/mol. The molecule has 1 N–H and O–H groups in total. The normalized spacial score (nSPS) is 12.3. The average molecular weight is 343 g/mol. The minimum Gasteiger partial charge on any atom is -0.378 e. The Bertz CT molecular complexity index is 601. The van der Waals surface area contributed by atoms with Gasteiger partial charge in [0.25, 0.3) is 0 Å². The standard InChI is InChI=1S/C15H14BrClFN/c1-9-3-4-11(16)7-15(9)19-10(2)13-6-5-12(18)8-14(13)17/h3-8,10,19H,1-2H3. The first-order valence-electron chi connectivity index (χ1n) is 5.95. The lowest BCUT2D eigenvalue weighted by Gasteiger charge is -2.19. The van der Waals surface area contributed by atoms with E-state index in [0.29, 0.717) is 5.02 Å². The summed E-state index contributed by atoms with van der Waals surface area (Å²) in [4.78, 5) is 0. The molecule has 0 aliphatic rings. The Morgan fingerprint density at radius 1 is 1.21 bits per heavy atom. The van der Waals surface area contributed by atoms with E-state index in [-0.39, 0.29) is 11.9 Å². The van der Waals surface area contributed by atoms with Gasteiger partial charge in [-0.2, -0.15) is 0 Å². The predicted octanol–water partition coefficient (Wildman–Crippen LogP) is 5.72. The molecule has 0 amide bonds. The largest absolute Gasteiger partial charge is 0.378 e. The summed E-state index contributed by atoms with van der Waals surface area (Å²) in [6, 6.07) is 10.5. The highest BCUT2D eigenvalue weighted by atomic mass is 79.9. The van der Waals surface area contributed by atoms with Crippen molar-refractivity contribution < 1.29 is 4.39 Å². The van der Waals surface area contributed by atoms with E-state index in [0.717, 1.165) is 21.3 Å². The topological polar surface area (TPSA) is 12.0 Å². The zero-order valence-electron chi connectivity index (χ0n) is 10.7. The van der Waals surface area contributed by atoms with Crippen LogP contribution in [0.4, 0.5) is 10.1 Å². The van der Waals surface area contributed by atoms with Crippen LogP contribution in [0.1, 0.15) is 24.1 Å². The van der Waals surface area contributed by atoms with Crippen LogP contribution in [0, 0.1) is 12.7 Å². The Balaban J connectivity index is 2.25. The Kier molecular flexibility index (Phi) is 4.48. The van der Waals surface area contributed by atoms with Crippen molar-refractivity contribution in [2.24, 2.45) is 0 Å². The van der Waals surface area contributed by atoms with Crippen LogP contribution in [-0.2, 0) is 0 Å². The molecule has 1 atom stereocenters. The van der Waals surface area contributed by atoms with E-state index >= 15 is 0 Å². The van der Waals surface area contributed by atoms with Crippen LogP contribution < -0.4 is 5.32 Å². The fourth-order valence-corrected chi connectivity index (χ4v) is 2.61. The summed E-state index contributed by atoms with van der Waals surface area (Å²) in [6.45, 7) is 4.03. The third kappa shape index (κ3) is 3.48. The Morgan fingerprint density at radius 3 is 2.63 bits per heavy atom. The molecule has 2 aromatic carbocycles. The van der Waals surface area contributed by atoms with Crippen molar-refractivity contribution in [2.75, 3.05) is 5.32 Å². The molecule has 0 fully saturated rings. The van der Waals surface area contributed by atoms with Crippen LogP contribution in [0.15, 0.2) is 40.9 Å². The fourth-order valence-electron chi connectivity index (χ4n) is 1.91. The fraction of sp³-hybridized carbons (Fsp3) is 0.200. The SMILES string of the molecule is Cc1ccc(Br)cc1NC(C)c1ccc(F)cc1Cl. The van der Waals surface area contributed by atoms with Gasteiger partial charge in [0.2, 0.25) is 0 Å². The van der Waals surface area contributed by atoms with Crippen molar-refractivity contribution in [3.05, 3.63) is 62.8 Å². The summed E-state index contributed by atoms with van der Waals surface area (Å²) >= 11 is 9.52. The molecule has 0 aromatic heterocycles. The molecule has 2 aromatic rings. The molecule has 1 nitrogen and oxygen atoms in total. The number of halogens is 3. The van der Waals surface area contributed by atoms with Gasteiger partial charge in [0.15, 0.2) is 0 Å². The third-order valence-electron chi connectivity index (χ3n) is 3.00. The van der Waals surface area contributed by atoms with E-state index in [1.165, 1.54) is 12.1 Å². The maximum atomic E-state index is 13.0. The molecule has 0 aliphatic carbocycles. The molecule has 0 saturated heterocycles. The third-order valence-corrected chi connectivity index (χ3v) is 3.82. The van der Waals surface area contributed by atoms with Gasteiger partial charge < -0.3 is 5.32 Å². The predicted molar refractivity (Wildman–Crippen MR) is 82.3 cm³/mol. The summed E-state index contributed by atoms with van der Waals surface area (Å²) < 4.78 is 14.1. The van der Waals surface area contributed by atoms with Crippen LogP contribution in [0.2, 0.25) is 5.02 Å². The van der Waals surface area contributed by atoms with Gasteiger partial charge in [-0.25, -0.2) is 4.39 Å². The number of rotatable bonds is 3. The zero-order valence-corrected chi connectivity index (χ0v) is 13.0. The average Bonchev–Trinajstić information content (AvgIpc) is 2.33. The highest BCUT2D eigenvalue weighted by molar-refractivity contribution is 9.10. The maximum absolute atomic E-state index is 13.0. The molecular formula is C15H14BrClFN. The number of nitrogens with one attached hydrogen (secondary N) is 1. The van der Waals surface area contributed by atoms with Crippen LogP contribution in [-0.4, -0.2) is 0 Å². The highest BCUT2D eigenvalue weighted by Crippen LogP contribution is 2.29. The van der Waals surface area contributed by atoms with Gasteiger partial charge in [-0.1, -0.05) is 39.7 Å². The second-order valence-corrected chi connectivity index (χ2v) is 5.81. The smallest absolute Gasteiger partial charge is 0.124 e. The Labute approximate surface area is 125 Å². The number of hydrogen-bond acceptors (Lipinski definition) is 1. The summed E-state index contributed by atoms with van der Waals surface area (Å²) in [5.41, 5.74) is 3.05. The molecule has 100 valence electrons. The molecular weight excluding hydrogens is 329 g/mol. The van der Waals surface area contributed by atoms with Crippen LogP contribution in [0.3, 0.4) is 0 Å². The minimum absolute atomic E-state index is 0.00102. The lowest BCUT2D eigenvalue weighted by Crippen LogP contribution is -2.08. The van der Waals surface area contributed by atoms with Crippen molar-refractivity contribution in [1.29, 1.82) is 0 Å². The summed E-state index contributed by atoms with van der Waals surface area (Å²) in [7, 11) is 0. The maximum Gasteiger partial charge on any atom is 0.124 e. The molecule has 0 aliphatic heterocycles. The van der Waals surface area contributed by atoms with Gasteiger partial charge in [0, 0.05) is 15.2 Å². The van der Waals surface area contributed by atoms with E-state index in [4.69, 9.17) is 11.6 Å². The summed E-state index contributed by atoms with van der Waals surface area (Å²) in [5.74, 6) is -0.320. The van der Waals surface area contributed by atoms with Crippen LogP contribution in [0.5, 0.6) is 0 Å². The molecule has 0 spiro atoms. The number of anilines is 1. The van der Waals surface area contributed by atoms with E-state index in [1.807, 2.05) is 32.0 Å². The van der Waals surface area contributed by atoms with E-state index in [2.05, 4.69) is 21.2 Å². The van der Waals surface area contributed by atoms with Gasteiger partial charge in [-0.3, -0.25) is 0 Å². The summed E-state index contributed by atoms with van der Waals surface area (Å²) in [5, 5.41) is 3.83. The second kappa shape index (κ2) is 5.93. The Hall–Kier alpha value is -1.06. The van der Waals surface area contributed by atoms with Gasteiger partial charge in [0.05, 0.1) is 6.04 Å². The zero-order chi connectivity index (χ0) is 14.0. The quantitative estimate of drug-likeness (QED) is 0.752. The lowest BCUT2D eigenvalue weighted by atomic mass is 10.1. The number of aryl methyl sites for hydroxylation is 1. The van der Waals surface area contributed by atoms with Crippen LogP contribution in [0.25, 0.3) is 0 Å². The minimum atomic E-state index is -0.320. The number of hydrogen-bond donors (Lipinski definition) is 1. The number of benzene rings is 2. The molecule has 0 bridgehead atoms. The first-order chi connectivity index (χ1) is 8.97. The van der Waals surface area contributed by atoms with E-state index in [9.17, 15) is 4.39 Å². The Morgan fingerprint density at radius 2 is 1.95 bits per heavy atom.